The van der Waals surface area contributed by atoms with Crippen molar-refractivity contribution in [1.29, 1.82) is 0 Å². The maximum absolute atomic E-state index is 12.1. The molecule has 2 heterocycles. The van der Waals surface area contributed by atoms with Crippen molar-refractivity contribution in [1.82, 2.24) is 4.90 Å². The first-order chi connectivity index (χ1) is 9.70. The lowest BCUT2D eigenvalue weighted by atomic mass is 9.97. The van der Waals surface area contributed by atoms with Gasteiger partial charge in [0.25, 0.3) is 0 Å². The molecule has 1 fully saturated rings. The predicted octanol–water partition coefficient (Wildman–Crippen LogP) is 1.56. The van der Waals surface area contributed by atoms with E-state index in [0.29, 0.717) is 13.0 Å². The van der Waals surface area contributed by atoms with Crippen LogP contribution in [0.4, 0.5) is 0 Å². The molecule has 4 nitrogen and oxygen atoms in total. The molecule has 1 saturated heterocycles. The molecule has 1 aromatic carbocycles. The standard InChI is InChI=1S/C16H17NO3/c1-20-16(19)13-9-12-7-8-14(18)15(13)17(12)10-11-5-3-2-4-6-11/h2-8,12-13,15H,9-10H2,1H3/t12-,13-,15-/m0/s1. The van der Waals surface area contributed by atoms with Gasteiger partial charge in [0.1, 0.15) is 0 Å². The molecular formula is C16H17NO3. The molecule has 20 heavy (non-hydrogen) atoms. The molecule has 0 aromatic heterocycles. The van der Waals surface area contributed by atoms with Crippen molar-refractivity contribution in [2.45, 2.75) is 25.0 Å². The van der Waals surface area contributed by atoms with Crippen LogP contribution < -0.4 is 0 Å². The highest BCUT2D eigenvalue weighted by molar-refractivity contribution is 5.99. The lowest BCUT2D eigenvalue weighted by Gasteiger charge is -2.31. The molecule has 3 rings (SSSR count). The van der Waals surface area contributed by atoms with Gasteiger partial charge in [-0.05, 0) is 18.1 Å². The summed E-state index contributed by atoms with van der Waals surface area (Å²) in [6.45, 7) is 0.680. The quantitative estimate of drug-likeness (QED) is 0.783. The first kappa shape index (κ1) is 13.1. The number of fused-ring (bicyclic) bond motifs is 2. The molecule has 4 heteroatoms. The van der Waals surface area contributed by atoms with E-state index >= 15 is 0 Å². The van der Waals surface area contributed by atoms with Gasteiger partial charge in [-0.3, -0.25) is 14.5 Å². The fraction of sp³-hybridized carbons (Fsp3) is 0.375. The highest BCUT2D eigenvalue weighted by atomic mass is 16.5. The van der Waals surface area contributed by atoms with Crippen molar-refractivity contribution in [3.63, 3.8) is 0 Å². The highest BCUT2D eigenvalue weighted by Crippen LogP contribution is 2.36. The minimum absolute atomic E-state index is 0.00470. The first-order valence-electron chi connectivity index (χ1n) is 6.80. The predicted molar refractivity (Wildman–Crippen MR) is 73.8 cm³/mol. The molecule has 1 aromatic rings. The number of esters is 1. The van der Waals surface area contributed by atoms with Gasteiger partial charge in [-0.1, -0.05) is 36.4 Å². The Balaban J connectivity index is 1.86. The fourth-order valence-electron chi connectivity index (χ4n) is 3.20. The van der Waals surface area contributed by atoms with E-state index < -0.39 is 0 Å². The molecule has 104 valence electrons. The van der Waals surface area contributed by atoms with E-state index in [0.717, 1.165) is 5.56 Å². The molecule has 2 bridgehead atoms. The average Bonchev–Trinajstić information content (AvgIpc) is 2.73. The van der Waals surface area contributed by atoms with Gasteiger partial charge in [0.05, 0.1) is 19.1 Å². The van der Waals surface area contributed by atoms with Gasteiger partial charge < -0.3 is 4.74 Å². The summed E-state index contributed by atoms with van der Waals surface area (Å²) in [5, 5.41) is 0. The molecule has 2 aliphatic heterocycles. The minimum atomic E-state index is -0.377. The summed E-state index contributed by atoms with van der Waals surface area (Å²) in [5.74, 6) is -0.631. The van der Waals surface area contributed by atoms with Crippen LogP contribution in [0, 0.1) is 5.92 Å². The molecule has 0 aliphatic carbocycles. The number of carbonyl (C=O) groups excluding carboxylic acids is 2. The van der Waals surface area contributed by atoms with Crippen molar-refractivity contribution in [2.75, 3.05) is 7.11 Å². The Kier molecular flexibility index (Phi) is 3.40. The zero-order valence-corrected chi connectivity index (χ0v) is 11.4. The second-order valence-electron chi connectivity index (χ2n) is 5.30. The van der Waals surface area contributed by atoms with E-state index in [1.54, 1.807) is 6.08 Å². The van der Waals surface area contributed by atoms with Gasteiger partial charge in [-0.25, -0.2) is 0 Å². The lowest BCUT2D eigenvalue weighted by molar-refractivity contribution is -0.148. The van der Waals surface area contributed by atoms with Crippen LogP contribution in [0.1, 0.15) is 12.0 Å². The number of hydrogen-bond acceptors (Lipinski definition) is 4. The maximum atomic E-state index is 12.1. The number of rotatable bonds is 3. The molecular weight excluding hydrogens is 254 g/mol. The van der Waals surface area contributed by atoms with Crippen LogP contribution in [0.5, 0.6) is 0 Å². The van der Waals surface area contributed by atoms with Crippen molar-refractivity contribution in [3.05, 3.63) is 48.0 Å². The van der Waals surface area contributed by atoms with Gasteiger partial charge in [0.2, 0.25) is 0 Å². The van der Waals surface area contributed by atoms with Crippen LogP contribution in [0.3, 0.4) is 0 Å². The van der Waals surface area contributed by atoms with Gasteiger partial charge in [0, 0.05) is 12.6 Å². The number of ketones is 1. The first-order valence-corrected chi connectivity index (χ1v) is 6.80. The topological polar surface area (TPSA) is 46.6 Å². The van der Waals surface area contributed by atoms with Gasteiger partial charge >= 0.3 is 5.97 Å². The normalized spacial score (nSPS) is 28.6. The summed E-state index contributed by atoms with van der Waals surface area (Å²) in [5.41, 5.74) is 1.15. The summed E-state index contributed by atoms with van der Waals surface area (Å²) in [7, 11) is 1.38. The van der Waals surface area contributed by atoms with Gasteiger partial charge in [0.15, 0.2) is 5.78 Å². The monoisotopic (exact) mass is 271 g/mol. The smallest absolute Gasteiger partial charge is 0.310 e. The summed E-state index contributed by atoms with van der Waals surface area (Å²) < 4.78 is 4.84. The molecule has 0 N–H and O–H groups in total. The average molecular weight is 271 g/mol. The van der Waals surface area contributed by atoms with Gasteiger partial charge in [-0.2, -0.15) is 0 Å². The Morgan fingerprint density at radius 2 is 2.10 bits per heavy atom. The van der Waals surface area contributed by atoms with Crippen molar-refractivity contribution < 1.29 is 14.3 Å². The Morgan fingerprint density at radius 3 is 2.80 bits per heavy atom. The largest absolute Gasteiger partial charge is 0.469 e. The number of carbonyl (C=O) groups is 2. The van der Waals surface area contributed by atoms with Gasteiger partial charge in [-0.15, -0.1) is 0 Å². The van der Waals surface area contributed by atoms with E-state index in [1.807, 2.05) is 36.4 Å². The third-order valence-electron chi connectivity index (χ3n) is 4.15. The molecule has 0 spiro atoms. The van der Waals surface area contributed by atoms with E-state index in [-0.39, 0.29) is 29.8 Å². The van der Waals surface area contributed by atoms with E-state index in [1.165, 1.54) is 7.11 Å². The number of hydrogen-bond donors (Lipinski definition) is 0. The zero-order valence-electron chi connectivity index (χ0n) is 11.4. The zero-order chi connectivity index (χ0) is 14.1. The number of nitrogens with zero attached hydrogens (tertiary/aromatic N) is 1. The Bertz CT molecular complexity index is 552. The molecule has 0 radical (unpaired) electrons. The molecule has 0 saturated carbocycles. The second kappa shape index (κ2) is 5.21. The van der Waals surface area contributed by atoms with E-state index in [4.69, 9.17) is 4.74 Å². The summed E-state index contributed by atoms with van der Waals surface area (Å²) in [6, 6.07) is 9.77. The maximum Gasteiger partial charge on any atom is 0.310 e. The Labute approximate surface area is 118 Å². The van der Waals surface area contributed by atoms with Crippen LogP contribution in [0.2, 0.25) is 0 Å². The fourth-order valence-corrected chi connectivity index (χ4v) is 3.20. The second-order valence-corrected chi connectivity index (χ2v) is 5.30. The summed E-state index contributed by atoms with van der Waals surface area (Å²) in [6.07, 6.45) is 4.18. The number of benzene rings is 1. The third-order valence-corrected chi connectivity index (χ3v) is 4.15. The van der Waals surface area contributed by atoms with E-state index in [2.05, 4.69) is 4.90 Å². The van der Waals surface area contributed by atoms with Crippen LogP contribution in [0.25, 0.3) is 0 Å². The molecule has 2 aliphatic rings. The van der Waals surface area contributed by atoms with Crippen molar-refractivity contribution >= 4 is 11.8 Å². The Hall–Kier alpha value is -1.94. The third kappa shape index (κ3) is 2.16. The lowest BCUT2D eigenvalue weighted by Crippen LogP contribution is -2.45. The summed E-state index contributed by atoms with van der Waals surface area (Å²) in [4.78, 5) is 26.1. The number of methoxy groups -OCH3 is 1. The van der Waals surface area contributed by atoms with Crippen molar-refractivity contribution in [3.8, 4) is 0 Å². The van der Waals surface area contributed by atoms with Crippen LogP contribution in [0.15, 0.2) is 42.5 Å². The molecule has 0 unspecified atom stereocenters. The van der Waals surface area contributed by atoms with Crippen LogP contribution in [-0.2, 0) is 20.9 Å². The van der Waals surface area contributed by atoms with Crippen LogP contribution >= 0.6 is 0 Å². The summed E-state index contributed by atoms with van der Waals surface area (Å²) >= 11 is 0. The minimum Gasteiger partial charge on any atom is -0.469 e. The Morgan fingerprint density at radius 1 is 1.35 bits per heavy atom. The SMILES string of the molecule is COC(=O)[C@H]1C[C@@H]2C=CC(=O)[C@H]1N2Cc1ccccc1. The van der Waals surface area contributed by atoms with Crippen molar-refractivity contribution in [2.24, 2.45) is 5.92 Å². The van der Waals surface area contributed by atoms with Crippen LogP contribution in [-0.4, -0.2) is 35.8 Å². The van der Waals surface area contributed by atoms with E-state index in [9.17, 15) is 9.59 Å². The molecule has 3 atom stereocenters. The number of ether oxygens (including phenoxy) is 1. The highest BCUT2D eigenvalue weighted by Gasteiger charge is 2.49. The molecule has 0 amide bonds.